The number of imidazole rings is 1. The van der Waals surface area contributed by atoms with Crippen LogP contribution < -0.4 is 10.1 Å². The van der Waals surface area contributed by atoms with Crippen molar-refractivity contribution in [1.29, 1.82) is 0 Å². The smallest absolute Gasteiger partial charge is 0.157 e. The van der Waals surface area contributed by atoms with E-state index in [1.807, 2.05) is 39.3 Å². The lowest BCUT2D eigenvalue weighted by molar-refractivity contribution is -0.112. The van der Waals surface area contributed by atoms with Crippen molar-refractivity contribution in [2.75, 3.05) is 47.0 Å². The summed E-state index contributed by atoms with van der Waals surface area (Å²) in [5, 5.41) is 4.17. The summed E-state index contributed by atoms with van der Waals surface area (Å²) < 4.78 is 23.3. The molecule has 42 heavy (non-hydrogen) atoms. The van der Waals surface area contributed by atoms with Crippen LogP contribution in [-0.4, -0.2) is 78.6 Å². The number of benzene rings is 2. The number of ether oxygens (including phenoxy) is 1. The molecule has 0 saturated heterocycles. The van der Waals surface area contributed by atoms with Crippen molar-refractivity contribution in [3.8, 4) is 17.3 Å². The first-order chi connectivity index (χ1) is 20.5. The van der Waals surface area contributed by atoms with Gasteiger partial charge in [0, 0.05) is 43.5 Å². The summed E-state index contributed by atoms with van der Waals surface area (Å²) in [7, 11) is 5.89. The van der Waals surface area contributed by atoms with E-state index in [0.29, 0.717) is 37.5 Å². The van der Waals surface area contributed by atoms with Crippen LogP contribution in [-0.2, 0) is 24.8 Å². The lowest BCUT2D eigenvalue weighted by atomic mass is 10.0. The van der Waals surface area contributed by atoms with Gasteiger partial charge in [0.15, 0.2) is 5.82 Å². The molecule has 0 aliphatic heterocycles. The predicted octanol–water partition coefficient (Wildman–Crippen LogP) is 5.05. The molecule has 4 aromatic rings. The Morgan fingerprint density at radius 1 is 1.21 bits per heavy atom. The first kappa shape index (κ1) is 29.9. The Hall–Kier alpha value is -3.56. The fourth-order valence-electron chi connectivity index (χ4n) is 5.66. The van der Waals surface area contributed by atoms with Crippen LogP contribution in [0.2, 0.25) is 0 Å². The molecule has 1 aliphatic rings. The van der Waals surface area contributed by atoms with Crippen LogP contribution in [0.25, 0.3) is 33.5 Å². The Balaban J connectivity index is 1.52. The van der Waals surface area contributed by atoms with Crippen molar-refractivity contribution in [3.63, 3.8) is 0 Å². The fourth-order valence-corrected chi connectivity index (χ4v) is 5.66. The van der Waals surface area contributed by atoms with E-state index in [1.54, 1.807) is 0 Å². The van der Waals surface area contributed by atoms with Crippen LogP contribution in [0.1, 0.15) is 41.6 Å². The average Bonchev–Trinajstić information content (AvgIpc) is 3.68. The van der Waals surface area contributed by atoms with Crippen LogP contribution in [0.5, 0.6) is 5.75 Å². The van der Waals surface area contributed by atoms with E-state index in [2.05, 4.69) is 37.5 Å². The average molecular weight is 576 g/mol. The van der Waals surface area contributed by atoms with Gasteiger partial charge in [0.2, 0.25) is 0 Å². The molecule has 1 saturated carbocycles. The molecular formula is C33H42FN5O3. The molecule has 8 nitrogen and oxygen atoms in total. The Kier molecular flexibility index (Phi) is 9.69. The highest BCUT2D eigenvalue weighted by Crippen LogP contribution is 2.39. The number of aromatic nitrogens is 3. The first-order valence-corrected chi connectivity index (χ1v) is 15.0. The number of alkyl halides is 1. The Bertz CT molecular complexity index is 1540. The summed E-state index contributed by atoms with van der Waals surface area (Å²) in [5.41, 5.74) is 5.39. The van der Waals surface area contributed by atoms with Crippen LogP contribution in [0, 0.1) is 11.8 Å². The minimum Gasteiger partial charge on any atom is -0.491 e. The number of nitrogens with one attached hydrogen (secondary N) is 1. The number of nitrogens with zero attached hydrogens (tertiary/aromatic N) is 4. The van der Waals surface area contributed by atoms with Gasteiger partial charge in [-0.15, -0.1) is 0 Å². The van der Waals surface area contributed by atoms with Gasteiger partial charge in [0.1, 0.15) is 18.3 Å². The van der Waals surface area contributed by atoms with E-state index in [-0.39, 0.29) is 12.6 Å². The Labute approximate surface area is 246 Å². The highest BCUT2D eigenvalue weighted by Gasteiger charge is 2.27. The molecule has 2 heterocycles. The van der Waals surface area contributed by atoms with Crippen molar-refractivity contribution in [2.24, 2.45) is 18.9 Å². The van der Waals surface area contributed by atoms with E-state index in [9.17, 15) is 14.0 Å². The molecular weight excluding hydrogens is 533 g/mol. The lowest BCUT2D eigenvalue weighted by Crippen LogP contribution is -2.23. The second-order valence-corrected chi connectivity index (χ2v) is 11.6. The van der Waals surface area contributed by atoms with Crippen LogP contribution >= 0.6 is 0 Å². The van der Waals surface area contributed by atoms with Gasteiger partial charge in [-0.1, -0.05) is 12.1 Å². The lowest BCUT2D eigenvalue weighted by Gasteiger charge is -2.16. The third-order valence-electron chi connectivity index (χ3n) is 8.37. The predicted molar refractivity (Wildman–Crippen MR) is 165 cm³/mol. The second-order valence-electron chi connectivity index (χ2n) is 11.6. The zero-order chi connectivity index (χ0) is 29.6. The van der Waals surface area contributed by atoms with Gasteiger partial charge in [-0.3, -0.25) is 9.18 Å². The molecule has 2 aromatic heterocycles. The van der Waals surface area contributed by atoms with Gasteiger partial charge in [-0.25, -0.2) is 4.98 Å². The normalized spacial score (nSPS) is 14.2. The Morgan fingerprint density at radius 3 is 2.76 bits per heavy atom. The highest BCUT2D eigenvalue weighted by molar-refractivity contribution is 5.93. The monoisotopic (exact) mass is 575 g/mol. The SMILES string of the molecule is CNCCC(C=O)COc1cccc2cc(-c3nc4cc(C=O)c(CCN(C)CCCF)cc4n3C)n(CC3CC3)c12. The number of hydrogen-bond donors (Lipinski definition) is 1. The van der Waals surface area contributed by atoms with Crippen molar-refractivity contribution in [1.82, 2.24) is 24.3 Å². The minimum atomic E-state index is -0.325. The van der Waals surface area contributed by atoms with Gasteiger partial charge < -0.3 is 28.9 Å². The third kappa shape index (κ3) is 6.57. The second kappa shape index (κ2) is 13.6. The van der Waals surface area contributed by atoms with Crippen molar-refractivity contribution < 1.29 is 18.7 Å². The van der Waals surface area contributed by atoms with Crippen molar-refractivity contribution in [2.45, 2.75) is 38.6 Å². The van der Waals surface area contributed by atoms with Gasteiger partial charge in [-0.2, -0.15) is 0 Å². The molecule has 5 rings (SSSR count). The molecule has 224 valence electrons. The summed E-state index contributed by atoms with van der Waals surface area (Å²) in [6, 6.07) is 12.2. The maximum absolute atomic E-state index is 12.6. The zero-order valence-corrected chi connectivity index (χ0v) is 24.9. The van der Waals surface area contributed by atoms with Gasteiger partial charge in [0.05, 0.1) is 35.5 Å². The molecule has 1 fully saturated rings. The van der Waals surface area contributed by atoms with Gasteiger partial charge >= 0.3 is 0 Å². The topological polar surface area (TPSA) is 81.4 Å². The van der Waals surface area contributed by atoms with E-state index in [1.165, 1.54) is 12.8 Å². The van der Waals surface area contributed by atoms with E-state index < -0.39 is 0 Å². The standard InChI is InChI=1S/C33H42FN5O3/c1-35-13-10-24(20-40)22-42-31-7-4-6-26-18-30(39(32(26)31)19-23-8-9-23)33-36-28-16-27(21-41)25(17-29(28)38(33)3)11-15-37(2)14-5-12-34/h4,6-7,16-18,20-21,23-24,35H,5,8-15,19,22H2,1-3H3. The Morgan fingerprint density at radius 2 is 2.05 bits per heavy atom. The fraction of sp³-hybridized carbons (Fsp3) is 0.485. The quantitative estimate of drug-likeness (QED) is 0.177. The number of hydrogen-bond acceptors (Lipinski definition) is 6. The number of carbonyl (C=O) groups excluding carboxylic acids is 2. The van der Waals surface area contributed by atoms with Gasteiger partial charge in [-0.05, 0) is 88.5 Å². The molecule has 0 spiro atoms. The molecule has 0 amide bonds. The summed E-state index contributed by atoms with van der Waals surface area (Å²) in [4.78, 5) is 30.8. The third-order valence-corrected chi connectivity index (χ3v) is 8.37. The van der Waals surface area contributed by atoms with Crippen LogP contribution in [0.15, 0.2) is 36.4 Å². The number of halogens is 1. The molecule has 1 aliphatic carbocycles. The molecule has 1 unspecified atom stereocenters. The number of rotatable bonds is 17. The van der Waals surface area contributed by atoms with E-state index >= 15 is 0 Å². The van der Waals surface area contributed by atoms with Crippen molar-refractivity contribution >= 4 is 34.5 Å². The zero-order valence-electron chi connectivity index (χ0n) is 24.9. The maximum atomic E-state index is 12.6. The largest absolute Gasteiger partial charge is 0.491 e. The number of aryl methyl sites for hydroxylation is 1. The first-order valence-electron chi connectivity index (χ1n) is 15.0. The molecule has 0 radical (unpaired) electrons. The summed E-state index contributed by atoms with van der Waals surface area (Å²) in [6.45, 7) is 3.07. The number of likely N-dealkylation sites (N-methyl/N-ethyl adjacent to an activating group) is 1. The maximum Gasteiger partial charge on any atom is 0.157 e. The minimum absolute atomic E-state index is 0.177. The number of aldehydes is 2. The number of para-hydroxylation sites is 1. The van der Waals surface area contributed by atoms with Gasteiger partial charge in [0.25, 0.3) is 0 Å². The van der Waals surface area contributed by atoms with Crippen molar-refractivity contribution in [3.05, 3.63) is 47.5 Å². The number of fused-ring (bicyclic) bond motifs is 2. The van der Waals surface area contributed by atoms with E-state index in [0.717, 1.165) is 83.4 Å². The summed E-state index contributed by atoms with van der Waals surface area (Å²) in [6.07, 6.45) is 6.23. The van der Waals surface area contributed by atoms with E-state index in [4.69, 9.17) is 9.72 Å². The molecule has 9 heteroatoms. The summed E-state index contributed by atoms with van der Waals surface area (Å²) in [5.74, 6) is 2.05. The van der Waals surface area contributed by atoms with Crippen LogP contribution in [0.3, 0.4) is 0 Å². The highest BCUT2D eigenvalue weighted by atomic mass is 19.1. The molecule has 1 atom stereocenters. The number of carbonyl (C=O) groups is 2. The molecule has 0 bridgehead atoms. The van der Waals surface area contributed by atoms with Crippen LogP contribution in [0.4, 0.5) is 4.39 Å². The summed E-state index contributed by atoms with van der Waals surface area (Å²) >= 11 is 0. The molecule has 1 N–H and O–H groups in total. The molecule has 2 aromatic carbocycles.